The van der Waals surface area contributed by atoms with Gasteiger partial charge in [0, 0.05) is 13.0 Å². The van der Waals surface area contributed by atoms with Gasteiger partial charge in [-0.1, -0.05) is 27.7 Å². The Labute approximate surface area is 356 Å². The lowest BCUT2D eigenvalue weighted by molar-refractivity contribution is -0.145. The van der Waals surface area contributed by atoms with E-state index in [4.69, 9.17) is 16.6 Å². The number of nitrogens with two attached hydrogens (primary N) is 2. The van der Waals surface area contributed by atoms with Gasteiger partial charge in [0.25, 0.3) is 0 Å². The molecule has 1 rings (SSSR count). The molecule has 25 nitrogen and oxygen atoms in total. The minimum absolute atomic E-state index is 0.00651. The summed E-state index contributed by atoms with van der Waals surface area (Å²) in [6.07, 6.45) is -5.52. The third-order valence-corrected chi connectivity index (χ3v) is 9.57. The van der Waals surface area contributed by atoms with Crippen LogP contribution in [0.25, 0.3) is 0 Å². The summed E-state index contributed by atoms with van der Waals surface area (Å²) < 4.78 is 0. The average Bonchev–Trinajstić information content (AvgIpc) is 3.65. The summed E-state index contributed by atoms with van der Waals surface area (Å²) in [5.41, 5.74) is 11.0. The minimum atomic E-state index is -1.95. The van der Waals surface area contributed by atoms with Gasteiger partial charge in [-0.25, -0.2) is 4.79 Å². The number of aliphatic hydroxyl groups is 2. The normalized spacial score (nSPS) is 18.0. The number of amides is 8. The highest BCUT2D eigenvalue weighted by atomic mass is 16.4. The van der Waals surface area contributed by atoms with Gasteiger partial charge in [0.1, 0.15) is 42.3 Å². The van der Waals surface area contributed by atoms with E-state index in [1.165, 1.54) is 20.8 Å². The highest BCUT2D eigenvalue weighted by Gasteiger charge is 2.42. The van der Waals surface area contributed by atoms with E-state index in [2.05, 4.69) is 31.9 Å². The van der Waals surface area contributed by atoms with E-state index in [9.17, 15) is 73.2 Å². The highest BCUT2D eigenvalue weighted by molar-refractivity contribution is 5.99. The van der Waals surface area contributed by atoms with E-state index in [1.807, 2.05) is 0 Å². The Morgan fingerprint density at radius 1 is 0.629 bits per heavy atom. The summed E-state index contributed by atoms with van der Waals surface area (Å²) >= 11 is 0. The third-order valence-electron chi connectivity index (χ3n) is 9.57. The second-order valence-electron chi connectivity index (χ2n) is 15.8. The molecule has 0 aliphatic carbocycles. The van der Waals surface area contributed by atoms with E-state index >= 15 is 0 Å². The Balaban J connectivity index is 3.25. The van der Waals surface area contributed by atoms with Crippen LogP contribution in [-0.4, -0.2) is 163 Å². The summed E-state index contributed by atoms with van der Waals surface area (Å²) in [6, 6.07) is -12.7. The number of aliphatic hydroxyl groups excluding tert-OH is 2. The van der Waals surface area contributed by atoms with Gasteiger partial charge >= 0.3 is 17.9 Å². The molecule has 0 unspecified atom stereocenters. The number of carbonyl (C=O) groups excluding carboxylic acids is 8. The maximum absolute atomic E-state index is 13.6. The fourth-order valence-corrected chi connectivity index (χ4v) is 6.27. The summed E-state index contributed by atoms with van der Waals surface area (Å²) in [5, 5.41) is 62.2. The molecule has 25 heteroatoms. The molecule has 0 saturated carbocycles. The van der Waals surface area contributed by atoms with Gasteiger partial charge in [-0.05, 0) is 51.4 Å². The molecule has 0 aromatic heterocycles. The van der Waals surface area contributed by atoms with Crippen LogP contribution in [0.5, 0.6) is 0 Å². The van der Waals surface area contributed by atoms with E-state index < -0.39 is 151 Å². The number of hydrogen-bond donors (Lipinski definition) is 13. The predicted octanol–water partition coefficient (Wildman–Crippen LogP) is -5.02. The fraction of sp³-hybridized carbons (Fsp3) is 0.703. The molecule has 8 amide bonds. The average molecular weight is 888 g/mol. The minimum Gasteiger partial charge on any atom is -0.481 e. The van der Waals surface area contributed by atoms with Gasteiger partial charge in [0.05, 0.1) is 31.1 Å². The molecule has 1 fully saturated rings. The first-order valence-corrected chi connectivity index (χ1v) is 19.9. The SMILES string of the molecule is CC(C)C[C@H](NC(=O)[C@H](CC(N)=O)NC(=O)[C@@H](NC(=O)[C@H](CC(=O)O)NC(=O)[C@@H](NC(=O)[C@@H]1CCCN1C(=O)[C@@H](NC(=O)[C@@H](N)CCC(=O)O)[C@@H](C)O)C(C)C)[C@@H](C)O)C(=O)O. The summed E-state index contributed by atoms with van der Waals surface area (Å²) in [5.74, 6) is -13.7. The zero-order valence-corrected chi connectivity index (χ0v) is 35.4. The number of carboxylic acids is 3. The Kier molecular flexibility index (Phi) is 21.9. The first kappa shape index (κ1) is 54.1. The molecule has 15 N–H and O–H groups in total. The van der Waals surface area contributed by atoms with Crippen LogP contribution >= 0.6 is 0 Å². The van der Waals surface area contributed by atoms with Crippen molar-refractivity contribution in [3.63, 3.8) is 0 Å². The zero-order valence-electron chi connectivity index (χ0n) is 35.4. The molecular formula is C37H61N9O16. The molecule has 62 heavy (non-hydrogen) atoms. The number of rotatable bonds is 26. The van der Waals surface area contributed by atoms with E-state index in [-0.39, 0.29) is 38.1 Å². The van der Waals surface area contributed by atoms with Crippen LogP contribution in [-0.2, 0) is 52.7 Å². The molecule has 0 aromatic carbocycles. The second-order valence-corrected chi connectivity index (χ2v) is 15.8. The third kappa shape index (κ3) is 17.6. The zero-order chi connectivity index (χ0) is 47.8. The molecule has 1 saturated heterocycles. The van der Waals surface area contributed by atoms with Crippen molar-refractivity contribution in [1.82, 2.24) is 36.8 Å². The maximum atomic E-state index is 13.6. The van der Waals surface area contributed by atoms with Crippen LogP contribution in [0.3, 0.4) is 0 Å². The number of likely N-dealkylation sites (tertiary alicyclic amines) is 1. The van der Waals surface area contributed by atoms with E-state index in [1.54, 1.807) is 13.8 Å². The number of carbonyl (C=O) groups is 11. The van der Waals surface area contributed by atoms with Crippen LogP contribution in [0.2, 0.25) is 0 Å². The van der Waals surface area contributed by atoms with Crippen molar-refractivity contribution < 1.29 is 78.3 Å². The molecule has 10 atom stereocenters. The van der Waals surface area contributed by atoms with Crippen molar-refractivity contribution in [3.8, 4) is 0 Å². The van der Waals surface area contributed by atoms with Gasteiger partial charge in [-0.3, -0.25) is 47.9 Å². The Bertz CT molecular complexity index is 1670. The monoisotopic (exact) mass is 887 g/mol. The number of hydrogen-bond acceptors (Lipinski definition) is 14. The van der Waals surface area contributed by atoms with Crippen LogP contribution < -0.4 is 43.4 Å². The second kappa shape index (κ2) is 25.1. The highest BCUT2D eigenvalue weighted by Crippen LogP contribution is 2.20. The van der Waals surface area contributed by atoms with Crippen LogP contribution in [0, 0.1) is 11.8 Å². The van der Waals surface area contributed by atoms with Gasteiger partial charge in [0.15, 0.2) is 0 Å². The van der Waals surface area contributed by atoms with Gasteiger partial charge < -0.3 is 73.8 Å². The Morgan fingerprint density at radius 3 is 1.60 bits per heavy atom. The van der Waals surface area contributed by atoms with E-state index in [0.29, 0.717) is 0 Å². The standard InChI is InChI=1S/C37H61N9O16/c1-15(2)12-22(37(61)62)42-31(55)20(13-24(39)49)40-35(59)28(17(5)47)44-32(56)21(14-26(52)53)41-34(58)27(16(3)4)43-33(57)23-8-7-11-46(23)36(60)29(18(6)48)45-30(54)19(38)9-10-25(50)51/h15-23,27-29,47-48H,7-14,38H2,1-6H3,(H2,39,49)(H,40,59)(H,41,58)(H,42,55)(H,43,57)(H,44,56)(H,45,54)(H,50,51)(H,52,53)(H,61,62)/t17-,18-,19+,20+,21+,22+,23+,27+,28+,29+/m1/s1. The van der Waals surface area contributed by atoms with Crippen molar-refractivity contribution in [2.45, 2.75) is 147 Å². The van der Waals surface area contributed by atoms with Gasteiger partial charge in [-0.15, -0.1) is 0 Å². The number of nitrogens with one attached hydrogen (secondary N) is 6. The van der Waals surface area contributed by atoms with Crippen LogP contribution in [0.15, 0.2) is 0 Å². The van der Waals surface area contributed by atoms with Crippen LogP contribution in [0.4, 0.5) is 0 Å². The molecule has 1 aliphatic heterocycles. The molecule has 0 aromatic rings. The van der Waals surface area contributed by atoms with Gasteiger partial charge in [-0.2, -0.15) is 0 Å². The first-order valence-electron chi connectivity index (χ1n) is 19.9. The number of nitrogens with zero attached hydrogens (tertiary/aromatic N) is 1. The number of carboxylic acid groups (broad SMARTS) is 3. The van der Waals surface area contributed by atoms with Crippen molar-refractivity contribution in [2.24, 2.45) is 23.3 Å². The fourth-order valence-electron chi connectivity index (χ4n) is 6.27. The molecule has 1 aliphatic rings. The summed E-state index contributed by atoms with van der Waals surface area (Å²) in [6.45, 7) is 8.59. The predicted molar refractivity (Wildman–Crippen MR) is 213 cm³/mol. The number of aliphatic carboxylic acids is 3. The first-order chi connectivity index (χ1) is 28.7. The summed E-state index contributed by atoms with van der Waals surface area (Å²) in [4.78, 5) is 141. The molecule has 0 bridgehead atoms. The summed E-state index contributed by atoms with van der Waals surface area (Å²) in [7, 11) is 0. The lowest BCUT2D eigenvalue weighted by Gasteiger charge is -2.32. The Hall–Kier alpha value is -5.95. The molecule has 1 heterocycles. The lowest BCUT2D eigenvalue weighted by atomic mass is 10.0. The Morgan fingerprint density at radius 2 is 1.13 bits per heavy atom. The largest absolute Gasteiger partial charge is 0.481 e. The van der Waals surface area contributed by atoms with Crippen molar-refractivity contribution in [2.75, 3.05) is 6.54 Å². The lowest BCUT2D eigenvalue weighted by Crippen LogP contribution is -2.62. The van der Waals surface area contributed by atoms with Crippen molar-refractivity contribution in [1.29, 1.82) is 0 Å². The quantitative estimate of drug-likeness (QED) is 0.0387. The maximum Gasteiger partial charge on any atom is 0.326 e. The molecule has 350 valence electrons. The topological polar surface area (TPSA) is 416 Å². The van der Waals surface area contributed by atoms with Crippen molar-refractivity contribution >= 4 is 65.2 Å². The van der Waals surface area contributed by atoms with Gasteiger partial charge in [0.2, 0.25) is 47.3 Å². The smallest absolute Gasteiger partial charge is 0.326 e. The number of primary amides is 1. The van der Waals surface area contributed by atoms with Crippen molar-refractivity contribution in [3.05, 3.63) is 0 Å². The molecule has 0 radical (unpaired) electrons. The van der Waals surface area contributed by atoms with Crippen LogP contribution in [0.1, 0.15) is 86.5 Å². The molecule has 0 spiro atoms. The molecular weight excluding hydrogens is 826 g/mol. The van der Waals surface area contributed by atoms with E-state index in [0.717, 1.165) is 11.8 Å².